The molecule has 1 rings (SSSR count). The van der Waals surface area contributed by atoms with E-state index in [1.54, 1.807) is 0 Å². The van der Waals surface area contributed by atoms with Crippen molar-refractivity contribution in [1.82, 2.24) is 14.6 Å². The summed E-state index contributed by atoms with van der Waals surface area (Å²) in [4.78, 5) is 48.6. The molecule has 0 spiro atoms. The van der Waals surface area contributed by atoms with Crippen LogP contribution < -0.4 is 0 Å². The number of imidazole rings is 1. The number of aromatic amines is 1. The molecule has 0 aliphatic rings. The fourth-order valence-electron chi connectivity index (χ4n) is 2.15. The fraction of sp³-hybridized carbons (Fsp3) is 0.583. The number of aromatic nitrogens is 2. The lowest BCUT2D eigenvalue weighted by molar-refractivity contribution is -0.161. The standard InChI is InChI=1S/C12H20N3O11P/c16-3-7(17)8(18)9(19)10(20)11(21)15(27(24,25)26)6(12(22)23)1-5-2-13-4-14-5/h2,4,6-10,16-20H,1,3H2,(H,13,14)(H,22,23)(H2,24,25,26)/t6-,7+,8+,9-,10+/m0/s1. The highest BCUT2D eigenvalue weighted by atomic mass is 31.2. The number of carbonyl (C=O) groups excluding carboxylic acids is 1. The number of carbonyl (C=O) groups is 2. The molecule has 1 aromatic heterocycles. The van der Waals surface area contributed by atoms with E-state index >= 15 is 0 Å². The fourth-order valence-corrected chi connectivity index (χ4v) is 3.07. The van der Waals surface area contributed by atoms with E-state index in [-0.39, 0.29) is 5.69 Å². The third-order valence-corrected chi connectivity index (χ3v) is 4.60. The molecular formula is C12H20N3O11P. The van der Waals surface area contributed by atoms with Gasteiger partial charge < -0.3 is 45.4 Å². The van der Waals surface area contributed by atoms with Crippen LogP contribution in [0.4, 0.5) is 0 Å². The Kier molecular flexibility index (Phi) is 8.01. The Morgan fingerprint density at radius 1 is 1.19 bits per heavy atom. The van der Waals surface area contributed by atoms with Crippen molar-refractivity contribution in [3.8, 4) is 0 Å². The lowest BCUT2D eigenvalue weighted by Crippen LogP contribution is -2.55. The number of aliphatic hydroxyl groups is 5. The second-order valence-electron chi connectivity index (χ2n) is 5.51. The van der Waals surface area contributed by atoms with Crippen LogP contribution in [0.5, 0.6) is 0 Å². The van der Waals surface area contributed by atoms with Crippen molar-refractivity contribution in [2.24, 2.45) is 0 Å². The number of nitrogens with zero attached hydrogens (tertiary/aromatic N) is 2. The first-order valence-corrected chi connectivity index (χ1v) is 8.90. The maximum absolute atomic E-state index is 12.3. The molecular weight excluding hydrogens is 393 g/mol. The number of amides is 1. The van der Waals surface area contributed by atoms with Crippen LogP contribution in [-0.2, 0) is 20.6 Å². The van der Waals surface area contributed by atoms with Crippen molar-refractivity contribution >= 4 is 19.6 Å². The molecule has 27 heavy (non-hydrogen) atoms. The normalized spacial score (nSPS) is 17.6. The number of aliphatic carboxylic acids is 1. The zero-order chi connectivity index (χ0) is 20.9. The molecule has 14 nitrogen and oxygen atoms in total. The van der Waals surface area contributed by atoms with E-state index in [4.69, 9.17) is 5.11 Å². The van der Waals surface area contributed by atoms with Crippen LogP contribution in [0.1, 0.15) is 5.69 Å². The van der Waals surface area contributed by atoms with Gasteiger partial charge in [0, 0.05) is 18.3 Å². The minimum Gasteiger partial charge on any atom is -0.480 e. The molecule has 0 saturated heterocycles. The number of carboxylic acids is 1. The van der Waals surface area contributed by atoms with Gasteiger partial charge in [0.1, 0.15) is 24.4 Å². The summed E-state index contributed by atoms with van der Waals surface area (Å²) < 4.78 is 11.3. The van der Waals surface area contributed by atoms with Crippen LogP contribution >= 0.6 is 7.75 Å². The number of H-pyrrole nitrogens is 1. The average Bonchev–Trinajstić information content (AvgIpc) is 3.10. The van der Waals surface area contributed by atoms with Crippen LogP contribution in [0.15, 0.2) is 12.5 Å². The summed E-state index contributed by atoms with van der Waals surface area (Å²) in [6.45, 7) is -1.06. The second kappa shape index (κ2) is 9.34. The summed E-state index contributed by atoms with van der Waals surface area (Å²) in [7, 11) is -5.61. The Morgan fingerprint density at radius 2 is 1.78 bits per heavy atom. The van der Waals surface area contributed by atoms with Gasteiger partial charge >= 0.3 is 13.7 Å². The SMILES string of the molecule is O=C(O)[C@H](Cc1cnc[nH]1)N(C(=O)[C@H](O)[C@@H](O)[C@H](O)[C@H](O)CO)P(=O)(O)O. The molecule has 0 saturated carbocycles. The maximum Gasteiger partial charge on any atom is 0.433 e. The van der Waals surface area contributed by atoms with E-state index in [0.29, 0.717) is 0 Å². The topological polar surface area (TPSA) is 245 Å². The predicted molar refractivity (Wildman–Crippen MR) is 83.7 cm³/mol. The Morgan fingerprint density at radius 3 is 2.19 bits per heavy atom. The van der Waals surface area contributed by atoms with E-state index in [2.05, 4.69) is 9.97 Å². The maximum atomic E-state index is 12.3. The van der Waals surface area contributed by atoms with E-state index < -0.39 is 67.8 Å². The summed E-state index contributed by atoms with van der Waals surface area (Å²) in [5.41, 5.74) is 0.0967. The minimum atomic E-state index is -5.61. The van der Waals surface area contributed by atoms with Gasteiger partial charge in [-0.2, -0.15) is 0 Å². The number of rotatable bonds is 10. The van der Waals surface area contributed by atoms with Gasteiger partial charge in [-0.25, -0.2) is 19.0 Å². The molecule has 1 heterocycles. The van der Waals surface area contributed by atoms with Gasteiger partial charge in [-0.3, -0.25) is 4.79 Å². The first-order valence-electron chi connectivity index (χ1n) is 7.34. The van der Waals surface area contributed by atoms with Gasteiger partial charge in [0.25, 0.3) is 5.91 Å². The molecule has 0 bridgehead atoms. The van der Waals surface area contributed by atoms with Gasteiger partial charge in [0.2, 0.25) is 0 Å². The molecule has 0 fully saturated rings. The van der Waals surface area contributed by atoms with Gasteiger partial charge in [-0.05, 0) is 0 Å². The van der Waals surface area contributed by atoms with E-state index in [1.165, 1.54) is 0 Å². The summed E-state index contributed by atoms with van der Waals surface area (Å²) in [5, 5.41) is 56.3. The number of aliphatic hydroxyl groups excluding tert-OH is 5. The third kappa shape index (κ3) is 5.79. The van der Waals surface area contributed by atoms with Gasteiger partial charge in [0.15, 0.2) is 6.10 Å². The number of nitrogens with one attached hydrogen (secondary N) is 1. The molecule has 1 amide bonds. The van der Waals surface area contributed by atoms with Gasteiger partial charge in [-0.1, -0.05) is 0 Å². The van der Waals surface area contributed by atoms with Crippen LogP contribution in [0.25, 0.3) is 0 Å². The average molecular weight is 413 g/mol. The Bertz CT molecular complexity index is 678. The highest BCUT2D eigenvalue weighted by Crippen LogP contribution is 2.43. The zero-order valence-electron chi connectivity index (χ0n) is 13.6. The van der Waals surface area contributed by atoms with E-state index in [9.17, 15) is 49.5 Å². The summed E-state index contributed by atoms with van der Waals surface area (Å²) >= 11 is 0. The smallest absolute Gasteiger partial charge is 0.433 e. The number of hydrogen-bond donors (Lipinski definition) is 9. The first kappa shape index (κ1) is 23.1. The van der Waals surface area contributed by atoms with Crippen molar-refractivity contribution in [2.45, 2.75) is 36.9 Å². The minimum absolute atomic E-state index is 0.0967. The van der Waals surface area contributed by atoms with Crippen LogP contribution in [-0.4, -0.2) is 104 Å². The molecule has 0 radical (unpaired) electrons. The molecule has 0 aromatic carbocycles. The highest BCUT2D eigenvalue weighted by molar-refractivity contribution is 7.50. The molecule has 5 atom stereocenters. The monoisotopic (exact) mass is 413 g/mol. The van der Waals surface area contributed by atoms with Crippen molar-refractivity contribution in [3.63, 3.8) is 0 Å². The van der Waals surface area contributed by atoms with Crippen LogP contribution in [0.3, 0.4) is 0 Å². The van der Waals surface area contributed by atoms with Gasteiger partial charge in [0.05, 0.1) is 12.9 Å². The number of carboxylic acid groups (broad SMARTS) is 1. The van der Waals surface area contributed by atoms with Crippen LogP contribution in [0.2, 0.25) is 0 Å². The van der Waals surface area contributed by atoms with Crippen molar-refractivity contribution in [1.29, 1.82) is 0 Å². The number of hydrogen-bond acceptors (Lipinski definition) is 9. The Labute approximate surface area is 151 Å². The molecule has 1 aromatic rings. The summed E-state index contributed by atoms with van der Waals surface area (Å²) in [6.07, 6.45) is -7.76. The highest BCUT2D eigenvalue weighted by Gasteiger charge is 2.46. The van der Waals surface area contributed by atoms with Crippen LogP contribution in [0, 0.1) is 0 Å². The van der Waals surface area contributed by atoms with Crippen molar-refractivity contribution in [3.05, 3.63) is 18.2 Å². The lowest BCUT2D eigenvalue weighted by Gasteiger charge is -2.33. The largest absolute Gasteiger partial charge is 0.480 e. The molecule has 0 aliphatic heterocycles. The molecule has 15 heteroatoms. The third-order valence-electron chi connectivity index (χ3n) is 3.56. The van der Waals surface area contributed by atoms with Crippen molar-refractivity contribution < 1.29 is 54.6 Å². The summed E-state index contributed by atoms with van der Waals surface area (Å²) in [6, 6.07) is -2.17. The Hall–Kier alpha value is -1.90. The Balaban J connectivity index is 3.18. The van der Waals surface area contributed by atoms with Crippen molar-refractivity contribution in [2.75, 3.05) is 6.61 Å². The van der Waals surface area contributed by atoms with E-state index in [1.807, 2.05) is 0 Å². The predicted octanol–water partition coefficient (Wildman–Crippen LogP) is -4.24. The van der Waals surface area contributed by atoms with Gasteiger partial charge in [-0.15, -0.1) is 0 Å². The first-order chi connectivity index (χ1) is 12.4. The molecule has 0 unspecified atom stereocenters. The van der Waals surface area contributed by atoms with E-state index in [0.717, 1.165) is 12.5 Å². The quantitative estimate of drug-likeness (QED) is 0.166. The molecule has 0 aliphatic carbocycles. The lowest BCUT2D eigenvalue weighted by atomic mass is 10.0. The zero-order valence-corrected chi connectivity index (χ0v) is 14.5. The second-order valence-corrected chi connectivity index (χ2v) is 6.96. The molecule has 9 N–H and O–H groups in total. The molecule has 154 valence electrons. The summed E-state index contributed by atoms with van der Waals surface area (Å²) in [5.74, 6) is -3.74.